The van der Waals surface area contributed by atoms with E-state index in [-0.39, 0.29) is 0 Å². The summed E-state index contributed by atoms with van der Waals surface area (Å²) in [5, 5.41) is 1.08. The third-order valence-corrected chi connectivity index (χ3v) is 4.34. The third kappa shape index (κ3) is 3.57. The van der Waals surface area contributed by atoms with Crippen LogP contribution in [0, 0.1) is 6.92 Å². The summed E-state index contributed by atoms with van der Waals surface area (Å²) in [5.74, 6) is 0.508. The van der Waals surface area contributed by atoms with Gasteiger partial charge in [0.05, 0.1) is 11.2 Å². The highest BCUT2D eigenvalue weighted by Gasteiger charge is 2.12. The molecule has 0 spiro atoms. The number of halogens is 1. The van der Waals surface area contributed by atoms with Crippen LogP contribution in [0.3, 0.4) is 0 Å². The van der Waals surface area contributed by atoms with Crippen molar-refractivity contribution in [2.24, 2.45) is 4.99 Å². The van der Waals surface area contributed by atoms with E-state index < -0.39 is 0 Å². The lowest BCUT2D eigenvalue weighted by Crippen LogP contribution is -1.99. The number of hydrogen-bond acceptors (Lipinski definition) is 2. The molecule has 0 aliphatic rings. The van der Waals surface area contributed by atoms with Crippen molar-refractivity contribution in [2.45, 2.75) is 12.8 Å². The van der Waals surface area contributed by atoms with Crippen molar-refractivity contribution in [1.29, 1.82) is 0 Å². The first kappa shape index (κ1) is 17.2. The fraction of sp³-hybridized carbons (Fsp3) is 0.143. The van der Waals surface area contributed by atoms with Crippen molar-refractivity contribution < 1.29 is 0 Å². The van der Waals surface area contributed by atoms with Crippen LogP contribution in [0.5, 0.6) is 0 Å². The molecule has 0 aliphatic heterocycles. The molecule has 3 rings (SSSR count). The lowest BCUT2D eigenvalue weighted by Gasteiger charge is -2.12. The lowest BCUT2D eigenvalue weighted by molar-refractivity contribution is 1.09. The largest absolute Gasteiger partial charge is 0.309 e. The minimum absolute atomic E-state index is 0.508. The van der Waals surface area contributed by atoms with Crippen LogP contribution in [-0.2, 0) is 5.88 Å². The zero-order chi connectivity index (χ0) is 17.8. The van der Waals surface area contributed by atoms with Crippen LogP contribution in [0.1, 0.15) is 17.0 Å². The molecule has 0 unspecified atom stereocenters. The Kier molecular flexibility index (Phi) is 5.15. The number of aryl methyl sites for hydroxylation is 1. The van der Waals surface area contributed by atoms with Crippen LogP contribution in [0.15, 0.2) is 66.3 Å². The Hall–Kier alpha value is -2.65. The van der Waals surface area contributed by atoms with E-state index in [1.807, 2.05) is 37.4 Å². The number of aromatic nitrogens is 2. The molecule has 126 valence electrons. The molecule has 4 heteroatoms. The molecule has 2 heterocycles. The Morgan fingerprint density at radius 1 is 1.28 bits per heavy atom. The van der Waals surface area contributed by atoms with E-state index >= 15 is 0 Å². The van der Waals surface area contributed by atoms with Gasteiger partial charge in [0.15, 0.2) is 0 Å². The fourth-order valence-electron chi connectivity index (χ4n) is 2.78. The molecule has 0 saturated heterocycles. The number of nitrogens with zero attached hydrogens (tertiary/aromatic N) is 3. The number of aliphatic imine (C=N–C) groups is 1. The summed E-state index contributed by atoms with van der Waals surface area (Å²) in [7, 11) is 1.75. The molecule has 0 aliphatic carbocycles. The Morgan fingerprint density at radius 3 is 2.72 bits per heavy atom. The molecule has 0 radical (unpaired) electrons. The smallest absolute Gasteiger partial charge is 0.0568 e. The maximum absolute atomic E-state index is 5.92. The van der Waals surface area contributed by atoms with Gasteiger partial charge in [0.1, 0.15) is 0 Å². The van der Waals surface area contributed by atoms with E-state index in [0.29, 0.717) is 5.88 Å². The maximum Gasteiger partial charge on any atom is 0.0568 e. The van der Waals surface area contributed by atoms with Crippen molar-refractivity contribution in [1.82, 2.24) is 9.55 Å². The summed E-state index contributed by atoms with van der Waals surface area (Å²) < 4.78 is 2.21. The van der Waals surface area contributed by atoms with E-state index in [0.717, 1.165) is 39.1 Å². The van der Waals surface area contributed by atoms with E-state index in [9.17, 15) is 0 Å². The van der Waals surface area contributed by atoms with E-state index in [1.165, 1.54) is 0 Å². The zero-order valence-corrected chi connectivity index (χ0v) is 15.2. The van der Waals surface area contributed by atoms with Crippen molar-refractivity contribution in [3.63, 3.8) is 0 Å². The number of pyridine rings is 1. The third-order valence-electron chi connectivity index (χ3n) is 4.03. The summed E-state index contributed by atoms with van der Waals surface area (Å²) in [5.41, 5.74) is 6.20. The standard InChI is InChI=1S/C21H20ClN3/c1-15(5-4-10-23-3)20-12-18-14-24-16(2)11-21(18)25(20)19-8-6-17(13-22)7-9-19/h4-12,14H,1,13H2,2-3H3/b5-4-,23-10?. The summed E-state index contributed by atoms with van der Waals surface area (Å²) in [6.07, 6.45) is 7.51. The number of benzene rings is 1. The van der Waals surface area contributed by atoms with Gasteiger partial charge in [-0.1, -0.05) is 24.8 Å². The minimum Gasteiger partial charge on any atom is -0.309 e. The molecular weight excluding hydrogens is 330 g/mol. The Labute approximate surface area is 153 Å². The van der Waals surface area contributed by atoms with Crippen molar-refractivity contribution in [3.8, 4) is 5.69 Å². The van der Waals surface area contributed by atoms with Crippen LogP contribution in [-0.4, -0.2) is 22.8 Å². The number of alkyl halides is 1. The van der Waals surface area contributed by atoms with Gasteiger partial charge in [-0.05, 0) is 48.4 Å². The Morgan fingerprint density at radius 2 is 2.04 bits per heavy atom. The molecular formula is C21H20ClN3. The van der Waals surface area contributed by atoms with E-state index in [4.69, 9.17) is 11.6 Å². The highest BCUT2D eigenvalue weighted by molar-refractivity contribution is 6.17. The fourth-order valence-corrected chi connectivity index (χ4v) is 2.96. The van der Waals surface area contributed by atoms with Crippen LogP contribution in [0.4, 0.5) is 0 Å². The van der Waals surface area contributed by atoms with Crippen molar-refractivity contribution in [3.05, 3.63) is 78.3 Å². The van der Waals surface area contributed by atoms with Gasteiger partial charge >= 0.3 is 0 Å². The molecule has 3 nitrogen and oxygen atoms in total. The molecule has 2 aromatic heterocycles. The Bertz CT molecular complexity index is 963. The Balaban J connectivity index is 2.20. The lowest BCUT2D eigenvalue weighted by atomic mass is 10.1. The second-order valence-electron chi connectivity index (χ2n) is 5.84. The van der Waals surface area contributed by atoms with Gasteiger partial charge in [-0.15, -0.1) is 11.6 Å². The van der Waals surface area contributed by atoms with Gasteiger partial charge in [-0.25, -0.2) is 0 Å². The molecule has 25 heavy (non-hydrogen) atoms. The van der Waals surface area contributed by atoms with Crippen LogP contribution < -0.4 is 0 Å². The molecule has 0 fully saturated rings. The van der Waals surface area contributed by atoms with Gasteiger partial charge in [0, 0.05) is 42.1 Å². The summed E-state index contributed by atoms with van der Waals surface area (Å²) in [4.78, 5) is 8.39. The zero-order valence-electron chi connectivity index (χ0n) is 14.4. The van der Waals surface area contributed by atoms with Crippen molar-refractivity contribution in [2.75, 3.05) is 7.05 Å². The van der Waals surface area contributed by atoms with Crippen LogP contribution in [0.2, 0.25) is 0 Å². The van der Waals surface area contributed by atoms with Crippen molar-refractivity contribution >= 4 is 34.3 Å². The molecule has 0 N–H and O–H groups in total. The van der Waals surface area contributed by atoms with Gasteiger partial charge < -0.3 is 4.57 Å². The average Bonchev–Trinajstić information content (AvgIpc) is 3.00. The first-order chi connectivity index (χ1) is 12.1. The van der Waals surface area contributed by atoms with Crippen LogP contribution >= 0.6 is 11.6 Å². The second kappa shape index (κ2) is 7.49. The number of allylic oxidation sites excluding steroid dienone is 3. The van der Waals surface area contributed by atoms with Gasteiger partial charge in [-0.2, -0.15) is 0 Å². The van der Waals surface area contributed by atoms with Gasteiger partial charge in [-0.3, -0.25) is 9.98 Å². The summed E-state index contributed by atoms with van der Waals surface area (Å²) in [6, 6.07) is 12.5. The minimum atomic E-state index is 0.508. The average molecular weight is 350 g/mol. The molecule has 0 amide bonds. The van der Waals surface area contributed by atoms with E-state index in [2.05, 4.69) is 45.4 Å². The predicted octanol–water partition coefficient (Wildman–Crippen LogP) is 5.34. The molecule has 1 aromatic carbocycles. The quantitative estimate of drug-likeness (QED) is 0.347. The highest BCUT2D eigenvalue weighted by atomic mass is 35.5. The first-order valence-electron chi connectivity index (χ1n) is 8.05. The summed E-state index contributed by atoms with van der Waals surface area (Å²) >= 11 is 5.92. The second-order valence-corrected chi connectivity index (χ2v) is 6.11. The van der Waals surface area contributed by atoms with E-state index in [1.54, 1.807) is 13.3 Å². The number of hydrogen-bond donors (Lipinski definition) is 0. The number of fused-ring (bicyclic) bond motifs is 1. The summed E-state index contributed by atoms with van der Waals surface area (Å²) in [6.45, 7) is 6.22. The molecule has 3 aromatic rings. The SMILES string of the molecule is C=C(/C=C\C=NC)c1cc2cnc(C)cc2n1-c1ccc(CCl)cc1. The first-order valence-corrected chi connectivity index (χ1v) is 8.59. The molecule has 0 atom stereocenters. The molecule has 0 bridgehead atoms. The number of rotatable bonds is 5. The normalized spacial score (nSPS) is 11.8. The predicted molar refractivity (Wildman–Crippen MR) is 108 cm³/mol. The maximum atomic E-state index is 5.92. The van der Waals surface area contributed by atoms with Gasteiger partial charge in [0.25, 0.3) is 0 Å². The van der Waals surface area contributed by atoms with Crippen LogP contribution in [0.25, 0.3) is 22.2 Å². The monoisotopic (exact) mass is 349 g/mol. The topological polar surface area (TPSA) is 30.2 Å². The molecule has 0 saturated carbocycles. The highest BCUT2D eigenvalue weighted by Crippen LogP contribution is 2.29. The van der Waals surface area contributed by atoms with Gasteiger partial charge in [0.2, 0.25) is 0 Å².